The molecule has 0 atom stereocenters. The number of nitrogens with zero attached hydrogens (tertiary/aromatic N) is 4. The van der Waals surface area contributed by atoms with Crippen LogP contribution in [0.3, 0.4) is 0 Å². The third-order valence-corrected chi connectivity index (χ3v) is 5.83. The minimum Gasteiger partial charge on any atom is -0.463 e. The molecule has 1 saturated heterocycles. The predicted octanol–water partition coefficient (Wildman–Crippen LogP) is 4.64. The summed E-state index contributed by atoms with van der Waals surface area (Å²) < 4.78 is 50.4. The number of nitrogen functional groups attached to an aromatic ring is 1. The van der Waals surface area contributed by atoms with Crippen molar-refractivity contribution < 1.29 is 31.9 Å². The number of aromatic nitrogens is 2. The van der Waals surface area contributed by atoms with Crippen LogP contribution in [0.4, 0.5) is 29.7 Å². The third kappa shape index (κ3) is 6.78. The molecule has 13 heteroatoms. The molecule has 0 spiro atoms. The lowest BCUT2D eigenvalue weighted by atomic mass is 10.1. The summed E-state index contributed by atoms with van der Waals surface area (Å²) in [5, 5.41) is 2.95. The Morgan fingerprint density at radius 3 is 2.36 bits per heavy atom. The van der Waals surface area contributed by atoms with Crippen LogP contribution in [-0.2, 0) is 17.5 Å². The van der Waals surface area contributed by atoms with E-state index in [2.05, 4.69) is 15.3 Å². The number of benzene rings is 1. The number of carbonyl (C=O) groups is 2. The Kier molecular flexibility index (Phi) is 7.70. The van der Waals surface area contributed by atoms with Crippen molar-refractivity contribution in [1.82, 2.24) is 19.8 Å². The second-order valence-corrected chi connectivity index (χ2v) is 9.94. The van der Waals surface area contributed by atoms with Crippen LogP contribution < -0.4 is 11.1 Å². The van der Waals surface area contributed by atoms with Gasteiger partial charge in [-0.05, 0) is 50.6 Å². The number of alkyl halides is 3. The number of halogens is 3. The SMILES string of the molecule is CC(C)(C)OC(=O)N1CCN(C(=O)c2c(NCc3cccc(C(F)(F)F)c3)nc(N)nc2-c2ccco2)CC1. The number of nitrogens with two attached hydrogens (primary N) is 1. The summed E-state index contributed by atoms with van der Waals surface area (Å²) in [6.45, 7) is 6.19. The van der Waals surface area contributed by atoms with E-state index in [-0.39, 0.29) is 61.5 Å². The molecular formula is C26H29F3N6O4. The maximum atomic E-state index is 13.8. The Bertz CT molecular complexity index is 1330. The number of piperazine rings is 1. The smallest absolute Gasteiger partial charge is 0.416 e. The quantitative estimate of drug-likeness (QED) is 0.474. The van der Waals surface area contributed by atoms with Gasteiger partial charge in [0.05, 0.1) is 11.8 Å². The summed E-state index contributed by atoms with van der Waals surface area (Å²) >= 11 is 0. The molecule has 0 radical (unpaired) electrons. The molecule has 0 unspecified atom stereocenters. The molecule has 2 amide bonds. The first-order chi connectivity index (χ1) is 18.3. The number of nitrogens with one attached hydrogen (secondary N) is 1. The van der Waals surface area contributed by atoms with Crippen LogP contribution in [0.15, 0.2) is 47.1 Å². The fourth-order valence-electron chi connectivity index (χ4n) is 4.02. The number of anilines is 2. The summed E-state index contributed by atoms with van der Waals surface area (Å²) in [5.74, 6) is -0.288. The Morgan fingerprint density at radius 1 is 1.05 bits per heavy atom. The normalized spacial score (nSPS) is 14.3. The molecule has 3 aromatic rings. The summed E-state index contributed by atoms with van der Waals surface area (Å²) in [6, 6.07) is 8.05. The van der Waals surface area contributed by atoms with Crippen LogP contribution in [0.25, 0.3) is 11.5 Å². The molecule has 0 bridgehead atoms. The number of amides is 2. The second-order valence-electron chi connectivity index (χ2n) is 9.94. The second kappa shape index (κ2) is 10.8. The van der Waals surface area contributed by atoms with Gasteiger partial charge >= 0.3 is 12.3 Å². The maximum Gasteiger partial charge on any atom is 0.416 e. The Morgan fingerprint density at radius 2 is 1.74 bits per heavy atom. The number of hydrogen-bond acceptors (Lipinski definition) is 8. The average Bonchev–Trinajstić information content (AvgIpc) is 3.40. The highest BCUT2D eigenvalue weighted by atomic mass is 19.4. The number of ether oxygens (including phenoxy) is 1. The van der Waals surface area contributed by atoms with Gasteiger partial charge in [-0.2, -0.15) is 18.2 Å². The van der Waals surface area contributed by atoms with Crippen molar-refractivity contribution in [2.45, 2.75) is 39.1 Å². The molecular weight excluding hydrogens is 517 g/mol. The van der Waals surface area contributed by atoms with E-state index in [9.17, 15) is 22.8 Å². The highest BCUT2D eigenvalue weighted by Gasteiger charge is 2.33. The minimum absolute atomic E-state index is 0.0471. The zero-order chi connectivity index (χ0) is 28.4. The first-order valence-corrected chi connectivity index (χ1v) is 12.2. The summed E-state index contributed by atoms with van der Waals surface area (Å²) in [6.07, 6.45) is -3.55. The van der Waals surface area contributed by atoms with Crippen molar-refractivity contribution >= 4 is 23.8 Å². The van der Waals surface area contributed by atoms with Gasteiger partial charge in [0.25, 0.3) is 5.91 Å². The fraction of sp³-hybridized carbons (Fsp3) is 0.385. The van der Waals surface area contributed by atoms with Gasteiger partial charge in [0.2, 0.25) is 5.95 Å². The molecule has 3 N–H and O–H groups in total. The van der Waals surface area contributed by atoms with Crippen molar-refractivity contribution in [2.24, 2.45) is 0 Å². The zero-order valence-corrected chi connectivity index (χ0v) is 21.7. The number of rotatable bonds is 5. The van der Waals surface area contributed by atoms with E-state index in [1.165, 1.54) is 28.2 Å². The molecule has 1 aliphatic heterocycles. The van der Waals surface area contributed by atoms with E-state index in [4.69, 9.17) is 14.9 Å². The van der Waals surface area contributed by atoms with Gasteiger partial charge < -0.3 is 30.0 Å². The highest BCUT2D eigenvalue weighted by molar-refractivity contribution is 6.04. The van der Waals surface area contributed by atoms with E-state index >= 15 is 0 Å². The largest absolute Gasteiger partial charge is 0.463 e. The summed E-state index contributed by atoms with van der Waals surface area (Å²) in [5.41, 5.74) is 5.00. The van der Waals surface area contributed by atoms with Gasteiger partial charge in [-0.1, -0.05) is 12.1 Å². The molecule has 208 valence electrons. The predicted molar refractivity (Wildman–Crippen MR) is 137 cm³/mol. The monoisotopic (exact) mass is 546 g/mol. The maximum absolute atomic E-state index is 13.8. The van der Waals surface area contributed by atoms with Crippen molar-refractivity contribution in [3.63, 3.8) is 0 Å². The molecule has 10 nitrogen and oxygen atoms in total. The van der Waals surface area contributed by atoms with Crippen LogP contribution >= 0.6 is 0 Å². The number of carbonyl (C=O) groups excluding carboxylic acids is 2. The van der Waals surface area contributed by atoms with Crippen molar-refractivity contribution in [1.29, 1.82) is 0 Å². The van der Waals surface area contributed by atoms with Gasteiger partial charge in [0.15, 0.2) is 5.76 Å². The summed E-state index contributed by atoms with van der Waals surface area (Å²) in [4.78, 5) is 37.7. The standard InChI is InChI=1S/C26H29F3N6O4/c1-25(2,3)39-24(37)35-11-9-34(10-12-35)22(36)19-20(18-8-5-13-38-18)32-23(30)33-21(19)31-15-16-6-4-7-17(14-16)26(27,28)29/h4-8,13-14H,9-12,15H2,1-3H3,(H3,30,31,32,33). The molecule has 4 rings (SSSR count). The Hall–Kier alpha value is -4.29. The average molecular weight is 547 g/mol. The molecule has 0 saturated carbocycles. The van der Waals surface area contributed by atoms with Crippen LogP contribution in [0, 0.1) is 0 Å². The Balaban J connectivity index is 1.60. The highest BCUT2D eigenvalue weighted by Crippen LogP contribution is 2.32. The van der Waals surface area contributed by atoms with E-state index in [0.29, 0.717) is 5.56 Å². The van der Waals surface area contributed by atoms with Gasteiger partial charge in [0, 0.05) is 32.7 Å². The first kappa shape index (κ1) is 27.7. The molecule has 1 fully saturated rings. The lowest BCUT2D eigenvalue weighted by molar-refractivity contribution is -0.137. The molecule has 0 aliphatic carbocycles. The molecule has 1 aliphatic rings. The van der Waals surface area contributed by atoms with Crippen molar-refractivity contribution in [2.75, 3.05) is 37.2 Å². The van der Waals surface area contributed by atoms with Crippen LogP contribution in [0.2, 0.25) is 0 Å². The van der Waals surface area contributed by atoms with E-state index < -0.39 is 29.3 Å². The van der Waals surface area contributed by atoms with Crippen molar-refractivity contribution in [3.8, 4) is 11.5 Å². The van der Waals surface area contributed by atoms with Gasteiger partial charge in [-0.3, -0.25) is 4.79 Å². The minimum atomic E-state index is -4.50. The zero-order valence-electron chi connectivity index (χ0n) is 21.7. The number of hydrogen-bond donors (Lipinski definition) is 2. The molecule has 3 heterocycles. The third-order valence-electron chi connectivity index (χ3n) is 5.83. The molecule has 39 heavy (non-hydrogen) atoms. The van der Waals surface area contributed by atoms with E-state index in [0.717, 1.165) is 12.1 Å². The van der Waals surface area contributed by atoms with Gasteiger partial charge in [0.1, 0.15) is 22.7 Å². The van der Waals surface area contributed by atoms with Crippen LogP contribution in [0.1, 0.15) is 42.3 Å². The number of furan rings is 1. The lowest BCUT2D eigenvalue weighted by Gasteiger charge is -2.36. The van der Waals surface area contributed by atoms with Crippen LogP contribution in [0.5, 0.6) is 0 Å². The van der Waals surface area contributed by atoms with Gasteiger partial charge in [-0.25, -0.2) is 9.78 Å². The first-order valence-electron chi connectivity index (χ1n) is 12.2. The van der Waals surface area contributed by atoms with Crippen LogP contribution in [-0.4, -0.2) is 63.5 Å². The molecule has 2 aromatic heterocycles. The van der Waals surface area contributed by atoms with E-state index in [1.54, 1.807) is 32.9 Å². The van der Waals surface area contributed by atoms with Crippen molar-refractivity contribution in [3.05, 3.63) is 59.4 Å². The lowest BCUT2D eigenvalue weighted by Crippen LogP contribution is -2.51. The Labute approximate surface area is 222 Å². The topological polar surface area (TPSA) is 127 Å². The van der Waals surface area contributed by atoms with Gasteiger partial charge in [-0.15, -0.1) is 0 Å². The summed E-state index contributed by atoms with van der Waals surface area (Å²) in [7, 11) is 0. The van der Waals surface area contributed by atoms with E-state index in [1.807, 2.05) is 0 Å². The fourth-order valence-corrected chi connectivity index (χ4v) is 4.02. The molecule has 1 aromatic carbocycles.